The van der Waals surface area contributed by atoms with Gasteiger partial charge in [0.2, 0.25) is 0 Å². The van der Waals surface area contributed by atoms with E-state index in [0.29, 0.717) is 38.6 Å². The van der Waals surface area contributed by atoms with E-state index in [-0.39, 0.29) is 12.2 Å². The monoisotopic (exact) mass is 388 g/mol. The third kappa shape index (κ3) is 2.97. The number of esters is 1. The molecule has 0 fully saturated rings. The number of aryl methyl sites for hydroxylation is 1. The summed E-state index contributed by atoms with van der Waals surface area (Å²) in [4.78, 5) is 29.4. The molecule has 7 heteroatoms. The van der Waals surface area contributed by atoms with Gasteiger partial charge in [0.15, 0.2) is 0 Å². The van der Waals surface area contributed by atoms with Crippen LogP contribution in [0.4, 0.5) is 0 Å². The fraction of sp³-hybridized carbons (Fsp3) is 0.211. The average Bonchev–Trinajstić information content (AvgIpc) is 3.09. The molecule has 0 spiro atoms. The Morgan fingerprint density at radius 1 is 1.19 bits per heavy atom. The Morgan fingerprint density at radius 2 is 1.96 bits per heavy atom. The summed E-state index contributed by atoms with van der Waals surface area (Å²) in [6, 6.07) is 9.88. The highest BCUT2D eigenvalue weighted by Gasteiger charge is 2.18. The first-order valence-corrected chi connectivity index (χ1v) is 8.93. The molecule has 0 amide bonds. The van der Waals surface area contributed by atoms with Crippen LogP contribution in [-0.4, -0.2) is 15.5 Å². The van der Waals surface area contributed by atoms with Crippen molar-refractivity contribution in [3.05, 3.63) is 73.7 Å². The minimum atomic E-state index is -0.523. The predicted molar refractivity (Wildman–Crippen MR) is 99.9 cm³/mol. The topological polar surface area (TPSA) is 61.2 Å². The van der Waals surface area contributed by atoms with E-state index >= 15 is 0 Å². The van der Waals surface area contributed by atoms with Crippen molar-refractivity contribution in [1.29, 1.82) is 0 Å². The number of hydrogen-bond donors (Lipinski definition) is 0. The molecule has 1 aliphatic heterocycles. The molecule has 0 bridgehead atoms. The van der Waals surface area contributed by atoms with Gasteiger partial charge in [-0.15, -0.1) is 0 Å². The number of aromatic nitrogens is 2. The third-order valence-corrected chi connectivity index (χ3v) is 5.17. The van der Waals surface area contributed by atoms with E-state index in [9.17, 15) is 9.59 Å². The Balaban J connectivity index is 1.61. The van der Waals surface area contributed by atoms with Gasteiger partial charge in [-0.2, -0.15) is 0 Å². The molecule has 0 unspecified atom stereocenters. The fourth-order valence-corrected chi connectivity index (χ4v) is 3.61. The smallest absolute Gasteiger partial charge is 0.338 e. The second kappa shape index (κ2) is 6.74. The van der Waals surface area contributed by atoms with Crippen molar-refractivity contribution in [1.82, 2.24) is 9.55 Å². The van der Waals surface area contributed by atoms with Crippen molar-refractivity contribution in [3.63, 3.8) is 0 Å². The van der Waals surface area contributed by atoms with Crippen LogP contribution in [0.3, 0.4) is 0 Å². The van der Waals surface area contributed by atoms with E-state index in [1.807, 2.05) is 0 Å². The number of rotatable bonds is 3. The van der Waals surface area contributed by atoms with Crippen LogP contribution in [0.2, 0.25) is 10.0 Å². The number of nitrogens with zero attached hydrogens (tertiary/aromatic N) is 2. The van der Waals surface area contributed by atoms with Gasteiger partial charge in [0.05, 0.1) is 16.5 Å². The summed E-state index contributed by atoms with van der Waals surface area (Å²) in [6.45, 7) is 0.662. The van der Waals surface area contributed by atoms with Crippen LogP contribution < -0.4 is 5.56 Å². The number of hydrogen-bond acceptors (Lipinski definition) is 4. The maximum absolute atomic E-state index is 12.5. The molecular formula is C19H14Cl2N2O3. The molecule has 132 valence electrons. The van der Waals surface area contributed by atoms with E-state index in [0.717, 1.165) is 18.7 Å². The summed E-state index contributed by atoms with van der Waals surface area (Å²) < 4.78 is 7.02. The number of carbonyl (C=O) groups is 1. The standard InChI is InChI=1S/C19H14Cl2N2O3/c20-14-3-1-4-15(21)13(14)10-26-19(25)11-6-7-12-16(9-11)22-17-5-2-8-23(17)18(12)24/h1,3-4,6-7,9H,2,5,8,10H2. The maximum Gasteiger partial charge on any atom is 0.338 e. The SMILES string of the molecule is O=C(OCc1c(Cl)cccc1Cl)c1ccc2c(=O)n3c(nc2c1)CCC3. The van der Waals surface area contributed by atoms with Crippen molar-refractivity contribution < 1.29 is 9.53 Å². The van der Waals surface area contributed by atoms with E-state index in [4.69, 9.17) is 27.9 Å². The Labute approximate surface area is 159 Å². The molecule has 3 aromatic rings. The molecule has 0 N–H and O–H groups in total. The van der Waals surface area contributed by atoms with Gasteiger partial charge in [0.25, 0.3) is 5.56 Å². The van der Waals surface area contributed by atoms with Gasteiger partial charge in [0, 0.05) is 28.6 Å². The number of benzene rings is 2. The minimum Gasteiger partial charge on any atom is -0.457 e. The van der Waals surface area contributed by atoms with Crippen molar-refractivity contribution in [2.75, 3.05) is 0 Å². The number of ether oxygens (including phenoxy) is 1. The van der Waals surface area contributed by atoms with E-state index < -0.39 is 5.97 Å². The maximum atomic E-state index is 12.5. The fourth-order valence-electron chi connectivity index (χ4n) is 3.10. The van der Waals surface area contributed by atoms with Gasteiger partial charge in [0.1, 0.15) is 12.4 Å². The van der Waals surface area contributed by atoms with E-state index in [2.05, 4.69) is 4.98 Å². The second-order valence-corrected chi connectivity index (χ2v) is 6.91. The zero-order chi connectivity index (χ0) is 18.3. The van der Waals surface area contributed by atoms with Crippen molar-refractivity contribution >= 4 is 40.1 Å². The van der Waals surface area contributed by atoms with Crippen molar-refractivity contribution in [2.24, 2.45) is 0 Å². The van der Waals surface area contributed by atoms with Gasteiger partial charge in [-0.05, 0) is 36.8 Å². The van der Waals surface area contributed by atoms with Crippen LogP contribution in [0.25, 0.3) is 10.9 Å². The minimum absolute atomic E-state index is 0.0321. The summed E-state index contributed by atoms with van der Waals surface area (Å²) in [7, 11) is 0. The quantitative estimate of drug-likeness (QED) is 0.636. The Kier molecular flexibility index (Phi) is 4.42. The Bertz CT molecular complexity index is 1070. The molecule has 4 rings (SSSR count). The van der Waals surface area contributed by atoms with Crippen LogP contribution in [0.15, 0.2) is 41.2 Å². The lowest BCUT2D eigenvalue weighted by molar-refractivity contribution is 0.0473. The Morgan fingerprint density at radius 3 is 2.73 bits per heavy atom. The first-order chi connectivity index (χ1) is 12.5. The van der Waals surface area contributed by atoms with Gasteiger partial charge in [-0.1, -0.05) is 29.3 Å². The van der Waals surface area contributed by atoms with Crippen LogP contribution in [0.1, 0.15) is 28.2 Å². The van der Waals surface area contributed by atoms with Crippen molar-refractivity contribution in [3.8, 4) is 0 Å². The zero-order valence-corrected chi connectivity index (χ0v) is 15.2. The lowest BCUT2D eigenvalue weighted by atomic mass is 10.1. The van der Waals surface area contributed by atoms with Gasteiger partial charge in [-0.25, -0.2) is 9.78 Å². The van der Waals surface area contributed by atoms with Crippen LogP contribution in [-0.2, 0) is 24.3 Å². The molecular weight excluding hydrogens is 375 g/mol. The predicted octanol–water partition coefficient (Wildman–Crippen LogP) is 4.01. The molecule has 0 radical (unpaired) electrons. The molecule has 2 heterocycles. The molecule has 0 aliphatic carbocycles. The normalized spacial score (nSPS) is 13.0. The second-order valence-electron chi connectivity index (χ2n) is 6.10. The number of fused-ring (bicyclic) bond motifs is 2. The Hall–Kier alpha value is -2.37. The molecule has 1 aromatic heterocycles. The lowest BCUT2D eigenvalue weighted by Crippen LogP contribution is -2.21. The molecule has 26 heavy (non-hydrogen) atoms. The molecule has 1 aliphatic rings. The summed E-state index contributed by atoms with van der Waals surface area (Å²) in [6.07, 6.45) is 1.68. The lowest BCUT2D eigenvalue weighted by Gasteiger charge is -2.09. The average molecular weight is 389 g/mol. The third-order valence-electron chi connectivity index (χ3n) is 4.46. The van der Waals surface area contributed by atoms with Crippen LogP contribution in [0.5, 0.6) is 0 Å². The highest BCUT2D eigenvalue weighted by Crippen LogP contribution is 2.25. The van der Waals surface area contributed by atoms with Crippen molar-refractivity contribution in [2.45, 2.75) is 26.0 Å². The summed E-state index contributed by atoms with van der Waals surface area (Å²) in [5, 5.41) is 1.38. The summed E-state index contributed by atoms with van der Waals surface area (Å²) in [5.41, 5.74) is 1.33. The molecule has 0 atom stereocenters. The van der Waals surface area contributed by atoms with Gasteiger partial charge >= 0.3 is 5.97 Å². The molecule has 2 aromatic carbocycles. The summed E-state index contributed by atoms with van der Waals surface area (Å²) in [5.74, 6) is 0.237. The molecule has 0 saturated carbocycles. The number of halogens is 2. The van der Waals surface area contributed by atoms with Gasteiger partial charge < -0.3 is 4.74 Å². The first-order valence-electron chi connectivity index (χ1n) is 8.18. The zero-order valence-electron chi connectivity index (χ0n) is 13.7. The molecule has 5 nitrogen and oxygen atoms in total. The van der Waals surface area contributed by atoms with E-state index in [1.165, 1.54) is 0 Å². The molecule has 0 saturated heterocycles. The van der Waals surface area contributed by atoms with Gasteiger partial charge in [-0.3, -0.25) is 9.36 Å². The largest absolute Gasteiger partial charge is 0.457 e. The highest BCUT2D eigenvalue weighted by molar-refractivity contribution is 6.35. The summed E-state index contributed by atoms with van der Waals surface area (Å²) >= 11 is 12.2. The van der Waals surface area contributed by atoms with E-state index in [1.54, 1.807) is 41.0 Å². The first kappa shape index (κ1) is 17.1. The number of carbonyl (C=O) groups excluding carboxylic acids is 1. The van der Waals surface area contributed by atoms with Crippen LogP contribution >= 0.6 is 23.2 Å². The highest BCUT2D eigenvalue weighted by atomic mass is 35.5. The van der Waals surface area contributed by atoms with Crippen LogP contribution in [0, 0.1) is 0 Å².